The molecule has 0 fully saturated rings. The number of esters is 2. The molecule has 0 radical (unpaired) electrons. The van der Waals surface area contributed by atoms with Crippen LogP contribution in [0.25, 0.3) is 0 Å². The summed E-state index contributed by atoms with van der Waals surface area (Å²) in [6, 6.07) is 13.3. The lowest BCUT2D eigenvalue weighted by molar-refractivity contribution is -0.144. The SMILES string of the molecule is COC(=O)COC(=O)c1cccc(S(=O)(=O)N2CCc3ccccc3C2)c1. The highest BCUT2D eigenvalue weighted by Crippen LogP contribution is 2.25. The summed E-state index contributed by atoms with van der Waals surface area (Å²) in [5.41, 5.74) is 2.17. The minimum atomic E-state index is -3.76. The van der Waals surface area contributed by atoms with Crippen molar-refractivity contribution in [2.24, 2.45) is 0 Å². The van der Waals surface area contributed by atoms with Gasteiger partial charge in [-0.15, -0.1) is 0 Å². The van der Waals surface area contributed by atoms with Crippen LogP contribution in [0.5, 0.6) is 0 Å². The number of nitrogens with zero attached hydrogens (tertiary/aromatic N) is 1. The van der Waals surface area contributed by atoms with Crippen LogP contribution in [0.1, 0.15) is 21.5 Å². The lowest BCUT2D eigenvalue weighted by atomic mass is 10.0. The number of methoxy groups -OCH3 is 1. The molecule has 3 rings (SSSR count). The molecule has 0 bridgehead atoms. The van der Waals surface area contributed by atoms with Gasteiger partial charge in [-0.05, 0) is 35.7 Å². The van der Waals surface area contributed by atoms with Crippen molar-refractivity contribution in [1.29, 1.82) is 0 Å². The van der Waals surface area contributed by atoms with Gasteiger partial charge in [0.2, 0.25) is 10.0 Å². The molecule has 7 nitrogen and oxygen atoms in total. The Morgan fingerprint density at radius 2 is 1.81 bits per heavy atom. The Morgan fingerprint density at radius 3 is 2.56 bits per heavy atom. The molecule has 0 saturated carbocycles. The topological polar surface area (TPSA) is 90.0 Å². The summed E-state index contributed by atoms with van der Waals surface area (Å²) in [7, 11) is -2.58. The molecule has 0 atom stereocenters. The molecule has 0 spiro atoms. The van der Waals surface area contributed by atoms with Crippen LogP contribution in [0.3, 0.4) is 0 Å². The van der Waals surface area contributed by atoms with Gasteiger partial charge in [0.15, 0.2) is 6.61 Å². The van der Waals surface area contributed by atoms with E-state index in [1.54, 1.807) is 0 Å². The van der Waals surface area contributed by atoms with Crippen molar-refractivity contribution in [3.05, 3.63) is 65.2 Å². The zero-order valence-corrected chi connectivity index (χ0v) is 15.6. The fourth-order valence-corrected chi connectivity index (χ4v) is 4.34. The maximum Gasteiger partial charge on any atom is 0.344 e. The van der Waals surface area contributed by atoms with Gasteiger partial charge in [0.05, 0.1) is 17.6 Å². The molecule has 1 aliphatic rings. The summed E-state index contributed by atoms with van der Waals surface area (Å²) < 4.78 is 36.6. The first-order chi connectivity index (χ1) is 12.9. The lowest BCUT2D eigenvalue weighted by Crippen LogP contribution is -2.36. The number of carbonyl (C=O) groups excluding carboxylic acids is 2. The largest absolute Gasteiger partial charge is 0.466 e. The standard InChI is InChI=1S/C19H19NO6S/c1-25-18(21)13-26-19(22)15-7-4-8-17(11-15)27(23,24)20-10-9-14-5-2-3-6-16(14)12-20/h2-8,11H,9-10,12-13H2,1H3. The van der Waals surface area contributed by atoms with E-state index in [-0.39, 0.29) is 17.0 Å². The molecular weight excluding hydrogens is 370 g/mol. The summed E-state index contributed by atoms with van der Waals surface area (Å²) in [5.74, 6) is -1.49. The average molecular weight is 389 g/mol. The number of fused-ring (bicyclic) bond motifs is 1. The number of ether oxygens (including phenoxy) is 2. The summed E-state index contributed by atoms with van der Waals surface area (Å²) >= 11 is 0. The van der Waals surface area contributed by atoms with Gasteiger partial charge in [-0.1, -0.05) is 30.3 Å². The van der Waals surface area contributed by atoms with Crippen LogP contribution in [0.15, 0.2) is 53.4 Å². The predicted molar refractivity (Wildman–Crippen MR) is 96.5 cm³/mol. The molecule has 0 N–H and O–H groups in total. The second-order valence-corrected chi connectivity index (χ2v) is 7.98. The molecule has 0 saturated heterocycles. The summed E-state index contributed by atoms with van der Waals surface area (Å²) in [5, 5.41) is 0. The van der Waals surface area contributed by atoms with Crippen LogP contribution < -0.4 is 0 Å². The fraction of sp³-hybridized carbons (Fsp3) is 0.263. The van der Waals surface area contributed by atoms with E-state index < -0.39 is 28.6 Å². The van der Waals surface area contributed by atoms with Crippen molar-refractivity contribution in [2.75, 3.05) is 20.3 Å². The molecule has 0 amide bonds. The van der Waals surface area contributed by atoms with E-state index in [0.717, 1.165) is 11.1 Å². The van der Waals surface area contributed by atoms with E-state index >= 15 is 0 Å². The highest BCUT2D eigenvalue weighted by molar-refractivity contribution is 7.89. The Hall–Kier alpha value is -2.71. The zero-order chi connectivity index (χ0) is 19.4. The molecule has 2 aromatic rings. The summed E-state index contributed by atoms with van der Waals surface area (Å²) in [4.78, 5) is 23.1. The molecular formula is C19H19NO6S. The molecule has 142 valence electrons. The minimum Gasteiger partial charge on any atom is -0.466 e. The maximum absolute atomic E-state index is 13.0. The highest BCUT2D eigenvalue weighted by atomic mass is 32.2. The van der Waals surface area contributed by atoms with E-state index in [1.807, 2.05) is 24.3 Å². The molecule has 1 heterocycles. The monoisotopic (exact) mass is 389 g/mol. The first kappa shape index (κ1) is 19.1. The normalized spacial score (nSPS) is 14.3. The van der Waals surface area contributed by atoms with Crippen LogP contribution in [0, 0.1) is 0 Å². The smallest absolute Gasteiger partial charge is 0.344 e. The van der Waals surface area contributed by atoms with Gasteiger partial charge in [-0.25, -0.2) is 18.0 Å². The molecule has 2 aromatic carbocycles. The van der Waals surface area contributed by atoms with Gasteiger partial charge in [-0.3, -0.25) is 0 Å². The van der Waals surface area contributed by atoms with Crippen molar-refractivity contribution in [3.8, 4) is 0 Å². The molecule has 0 aliphatic carbocycles. The Balaban J connectivity index is 1.79. The molecule has 1 aliphatic heterocycles. The van der Waals surface area contributed by atoms with Gasteiger partial charge in [0.25, 0.3) is 0 Å². The van der Waals surface area contributed by atoms with Crippen molar-refractivity contribution in [1.82, 2.24) is 4.31 Å². The van der Waals surface area contributed by atoms with E-state index in [1.165, 1.54) is 35.7 Å². The van der Waals surface area contributed by atoms with Crippen LogP contribution in [-0.2, 0) is 37.3 Å². The van der Waals surface area contributed by atoms with Crippen molar-refractivity contribution in [3.63, 3.8) is 0 Å². The lowest BCUT2D eigenvalue weighted by Gasteiger charge is -2.28. The van der Waals surface area contributed by atoms with E-state index in [2.05, 4.69) is 4.74 Å². The van der Waals surface area contributed by atoms with Gasteiger partial charge in [0.1, 0.15) is 0 Å². The van der Waals surface area contributed by atoms with Gasteiger partial charge < -0.3 is 9.47 Å². The van der Waals surface area contributed by atoms with Gasteiger partial charge in [-0.2, -0.15) is 4.31 Å². The van der Waals surface area contributed by atoms with Gasteiger partial charge >= 0.3 is 11.9 Å². The predicted octanol–water partition coefficient (Wildman–Crippen LogP) is 1.76. The number of hydrogen-bond donors (Lipinski definition) is 0. The van der Waals surface area contributed by atoms with Crippen LogP contribution in [-0.4, -0.2) is 44.9 Å². The number of carbonyl (C=O) groups is 2. The van der Waals surface area contributed by atoms with Gasteiger partial charge in [0, 0.05) is 13.1 Å². The second-order valence-electron chi connectivity index (χ2n) is 6.04. The highest BCUT2D eigenvalue weighted by Gasteiger charge is 2.28. The average Bonchev–Trinajstić information content (AvgIpc) is 2.71. The van der Waals surface area contributed by atoms with E-state index in [4.69, 9.17) is 4.74 Å². The van der Waals surface area contributed by atoms with Crippen molar-refractivity contribution in [2.45, 2.75) is 17.9 Å². The molecule has 27 heavy (non-hydrogen) atoms. The Labute approximate surface area is 157 Å². The Morgan fingerprint density at radius 1 is 1.07 bits per heavy atom. The zero-order valence-electron chi connectivity index (χ0n) is 14.8. The number of benzene rings is 2. The minimum absolute atomic E-state index is 0.00870. The molecule has 8 heteroatoms. The second kappa shape index (κ2) is 7.89. The number of rotatable bonds is 5. The fourth-order valence-electron chi connectivity index (χ4n) is 2.87. The van der Waals surface area contributed by atoms with E-state index in [0.29, 0.717) is 13.0 Å². The number of sulfonamides is 1. The molecule has 0 unspecified atom stereocenters. The molecule has 0 aromatic heterocycles. The number of hydrogen-bond acceptors (Lipinski definition) is 6. The van der Waals surface area contributed by atoms with Crippen LogP contribution in [0.2, 0.25) is 0 Å². The first-order valence-electron chi connectivity index (χ1n) is 8.33. The van der Waals surface area contributed by atoms with E-state index in [9.17, 15) is 18.0 Å². The third kappa shape index (κ3) is 4.17. The Kier molecular flexibility index (Phi) is 5.57. The summed E-state index contributed by atoms with van der Waals surface area (Å²) in [6.07, 6.45) is 0.635. The third-order valence-corrected chi connectivity index (χ3v) is 6.19. The van der Waals surface area contributed by atoms with Crippen molar-refractivity contribution < 1.29 is 27.5 Å². The van der Waals surface area contributed by atoms with Crippen LogP contribution >= 0.6 is 0 Å². The summed E-state index contributed by atoms with van der Waals surface area (Å²) in [6.45, 7) is 0.126. The van der Waals surface area contributed by atoms with Crippen LogP contribution in [0.4, 0.5) is 0 Å². The Bertz CT molecular complexity index is 970. The maximum atomic E-state index is 13.0. The first-order valence-corrected chi connectivity index (χ1v) is 9.77. The third-order valence-electron chi connectivity index (χ3n) is 4.35. The quantitative estimate of drug-likeness (QED) is 0.724. The van der Waals surface area contributed by atoms with Crippen molar-refractivity contribution >= 4 is 22.0 Å².